The molecule has 1 aromatic rings. The summed E-state index contributed by atoms with van der Waals surface area (Å²) in [6, 6.07) is 4.48. The van der Waals surface area contributed by atoms with Gasteiger partial charge >= 0.3 is 0 Å². The van der Waals surface area contributed by atoms with Crippen LogP contribution in [-0.4, -0.2) is 43.2 Å². The molecule has 2 rings (SSSR count). The smallest absolute Gasteiger partial charge is 0.239 e. The predicted molar refractivity (Wildman–Crippen MR) is 75.1 cm³/mol. The molecule has 20 heavy (non-hydrogen) atoms. The first-order chi connectivity index (χ1) is 9.59. The first kappa shape index (κ1) is 15.2. The number of hydrogen-bond acceptors (Lipinski definition) is 3. The number of carbonyl (C=O) groups is 1. The molecule has 1 saturated heterocycles. The SMILES string of the molecule is CC(NCc1cccc(Cl)c1F)C(=O)N1CCOCC1. The Hall–Kier alpha value is -1.17. The molecular formula is C14H18ClFN2O2. The van der Waals surface area contributed by atoms with Crippen molar-refractivity contribution in [2.45, 2.75) is 19.5 Å². The molecule has 0 spiro atoms. The number of nitrogens with zero attached hydrogens (tertiary/aromatic N) is 1. The monoisotopic (exact) mass is 300 g/mol. The van der Waals surface area contributed by atoms with Crippen molar-refractivity contribution in [2.24, 2.45) is 0 Å². The molecule has 1 heterocycles. The lowest BCUT2D eigenvalue weighted by Gasteiger charge is -2.29. The van der Waals surface area contributed by atoms with Gasteiger partial charge in [-0.15, -0.1) is 0 Å². The van der Waals surface area contributed by atoms with E-state index >= 15 is 0 Å². The normalized spacial score (nSPS) is 17.1. The number of ether oxygens (including phenoxy) is 1. The lowest BCUT2D eigenvalue weighted by molar-refractivity contribution is -0.137. The summed E-state index contributed by atoms with van der Waals surface area (Å²) < 4.78 is 18.9. The molecular weight excluding hydrogens is 283 g/mol. The van der Waals surface area contributed by atoms with Crippen molar-refractivity contribution >= 4 is 17.5 Å². The van der Waals surface area contributed by atoms with E-state index in [1.807, 2.05) is 0 Å². The molecule has 4 nitrogen and oxygen atoms in total. The van der Waals surface area contributed by atoms with E-state index in [9.17, 15) is 9.18 Å². The van der Waals surface area contributed by atoms with Gasteiger partial charge in [0, 0.05) is 25.2 Å². The van der Waals surface area contributed by atoms with E-state index in [1.54, 1.807) is 24.0 Å². The second-order valence-electron chi connectivity index (χ2n) is 4.75. The molecule has 110 valence electrons. The molecule has 0 saturated carbocycles. The summed E-state index contributed by atoms with van der Waals surface area (Å²) >= 11 is 5.72. The Kier molecular flexibility index (Phi) is 5.34. The summed E-state index contributed by atoms with van der Waals surface area (Å²) in [7, 11) is 0. The number of rotatable bonds is 4. The fourth-order valence-corrected chi connectivity index (χ4v) is 2.29. The number of nitrogens with one attached hydrogen (secondary N) is 1. The van der Waals surface area contributed by atoms with Gasteiger partial charge in [-0.3, -0.25) is 4.79 Å². The van der Waals surface area contributed by atoms with Crippen LogP contribution in [0.25, 0.3) is 0 Å². The fraction of sp³-hybridized carbons (Fsp3) is 0.500. The Morgan fingerprint density at radius 3 is 2.90 bits per heavy atom. The van der Waals surface area contributed by atoms with E-state index in [2.05, 4.69) is 5.32 Å². The largest absolute Gasteiger partial charge is 0.378 e. The third-order valence-electron chi connectivity index (χ3n) is 3.32. The summed E-state index contributed by atoms with van der Waals surface area (Å²) in [4.78, 5) is 13.9. The quantitative estimate of drug-likeness (QED) is 0.922. The number of halogens is 2. The first-order valence-electron chi connectivity index (χ1n) is 6.62. The van der Waals surface area contributed by atoms with Gasteiger partial charge in [-0.1, -0.05) is 23.7 Å². The van der Waals surface area contributed by atoms with Gasteiger partial charge in [0.15, 0.2) is 0 Å². The van der Waals surface area contributed by atoms with E-state index in [-0.39, 0.29) is 23.5 Å². The van der Waals surface area contributed by atoms with Gasteiger partial charge in [-0.25, -0.2) is 4.39 Å². The van der Waals surface area contributed by atoms with E-state index < -0.39 is 5.82 Å². The zero-order chi connectivity index (χ0) is 14.5. The number of benzene rings is 1. The van der Waals surface area contributed by atoms with Gasteiger partial charge in [0.25, 0.3) is 0 Å². The predicted octanol–water partition coefficient (Wildman–Crippen LogP) is 1.82. The van der Waals surface area contributed by atoms with Crippen LogP contribution in [0.2, 0.25) is 5.02 Å². The molecule has 0 aliphatic carbocycles. The highest BCUT2D eigenvalue weighted by molar-refractivity contribution is 6.30. The van der Waals surface area contributed by atoms with Gasteiger partial charge in [0.05, 0.1) is 24.3 Å². The lowest BCUT2D eigenvalue weighted by atomic mass is 10.2. The Bertz CT molecular complexity index is 478. The second kappa shape index (κ2) is 7.02. The van der Waals surface area contributed by atoms with Gasteiger partial charge in [0.1, 0.15) is 5.82 Å². The van der Waals surface area contributed by atoms with E-state index in [1.165, 1.54) is 6.07 Å². The van der Waals surface area contributed by atoms with Gasteiger partial charge in [-0.05, 0) is 13.0 Å². The minimum absolute atomic E-state index is 0.00994. The van der Waals surface area contributed by atoms with Crippen molar-refractivity contribution in [2.75, 3.05) is 26.3 Å². The van der Waals surface area contributed by atoms with Crippen LogP contribution >= 0.6 is 11.6 Å². The topological polar surface area (TPSA) is 41.6 Å². The summed E-state index contributed by atoms with van der Waals surface area (Å²) in [5.41, 5.74) is 0.458. The summed E-state index contributed by atoms with van der Waals surface area (Å²) in [6.07, 6.45) is 0. The van der Waals surface area contributed by atoms with Crippen molar-refractivity contribution < 1.29 is 13.9 Å². The zero-order valence-corrected chi connectivity index (χ0v) is 12.1. The number of hydrogen-bond donors (Lipinski definition) is 1. The Morgan fingerprint density at radius 1 is 1.50 bits per heavy atom. The Balaban J connectivity index is 1.89. The van der Waals surface area contributed by atoms with Crippen LogP contribution in [0.5, 0.6) is 0 Å². The molecule has 1 aliphatic rings. The number of carbonyl (C=O) groups excluding carboxylic acids is 1. The maximum Gasteiger partial charge on any atom is 0.239 e. The van der Waals surface area contributed by atoms with Crippen molar-refractivity contribution in [1.29, 1.82) is 0 Å². The highest BCUT2D eigenvalue weighted by Gasteiger charge is 2.22. The van der Waals surface area contributed by atoms with E-state index in [0.29, 0.717) is 31.9 Å². The van der Waals surface area contributed by atoms with Gasteiger partial charge in [-0.2, -0.15) is 0 Å². The van der Waals surface area contributed by atoms with Gasteiger partial charge in [0.2, 0.25) is 5.91 Å². The van der Waals surface area contributed by atoms with Crippen LogP contribution in [0.15, 0.2) is 18.2 Å². The fourth-order valence-electron chi connectivity index (χ4n) is 2.09. The maximum absolute atomic E-state index is 13.7. The van der Waals surface area contributed by atoms with Crippen LogP contribution < -0.4 is 5.32 Å². The molecule has 0 bridgehead atoms. The first-order valence-corrected chi connectivity index (χ1v) is 7.00. The third-order valence-corrected chi connectivity index (χ3v) is 3.62. The summed E-state index contributed by atoms with van der Waals surface area (Å²) in [5, 5.41) is 3.13. The molecule has 1 amide bonds. The van der Waals surface area contributed by atoms with E-state index in [0.717, 1.165) is 0 Å². The Labute approximate surface area is 122 Å². The number of amides is 1. The van der Waals surface area contributed by atoms with Gasteiger partial charge < -0.3 is 15.0 Å². The van der Waals surface area contributed by atoms with E-state index in [4.69, 9.17) is 16.3 Å². The van der Waals surface area contributed by atoms with Crippen molar-refractivity contribution in [3.8, 4) is 0 Å². The maximum atomic E-state index is 13.7. The van der Waals surface area contributed by atoms with Crippen LogP contribution in [0.4, 0.5) is 4.39 Å². The molecule has 0 aromatic heterocycles. The third kappa shape index (κ3) is 3.69. The zero-order valence-electron chi connectivity index (χ0n) is 11.4. The average Bonchev–Trinajstić information content (AvgIpc) is 2.48. The molecule has 1 unspecified atom stereocenters. The number of morpholine rings is 1. The lowest BCUT2D eigenvalue weighted by Crippen LogP contribution is -2.49. The molecule has 1 fully saturated rings. The molecule has 1 atom stereocenters. The van der Waals surface area contributed by atoms with Crippen LogP contribution in [0.3, 0.4) is 0 Å². The highest BCUT2D eigenvalue weighted by Crippen LogP contribution is 2.17. The summed E-state index contributed by atoms with van der Waals surface area (Å²) in [6.45, 7) is 4.40. The van der Waals surface area contributed by atoms with Crippen molar-refractivity contribution in [3.63, 3.8) is 0 Å². The molecule has 1 aliphatic heterocycles. The van der Waals surface area contributed by atoms with Crippen molar-refractivity contribution in [3.05, 3.63) is 34.6 Å². The van der Waals surface area contributed by atoms with Crippen LogP contribution in [-0.2, 0) is 16.1 Å². The van der Waals surface area contributed by atoms with Crippen LogP contribution in [0, 0.1) is 5.82 Å². The highest BCUT2D eigenvalue weighted by atomic mass is 35.5. The standard InChI is InChI=1S/C14H18ClFN2O2/c1-10(14(19)18-5-7-20-8-6-18)17-9-11-3-2-4-12(15)13(11)16/h2-4,10,17H,5-9H2,1H3. The van der Waals surface area contributed by atoms with Crippen LogP contribution in [0.1, 0.15) is 12.5 Å². The minimum atomic E-state index is -0.437. The summed E-state index contributed by atoms with van der Waals surface area (Å²) in [5.74, 6) is -0.427. The molecule has 1 N–H and O–H groups in total. The minimum Gasteiger partial charge on any atom is -0.378 e. The average molecular weight is 301 g/mol. The molecule has 1 aromatic carbocycles. The Morgan fingerprint density at radius 2 is 2.20 bits per heavy atom. The molecule has 6 heteroatoms. The van der Waals surface area contributed by atoms with Crippen molar-refractivity contribution in [1.82, 2.24) is 10.2 Å². The second-order valence-corrected chi connectivity index (χ2v) is 5.16. The molecule has 0 radical (unpaired) electrons.